The van der Waals surface area contributed by atoms with Crippen molar-refractivity contribution in [3.8, 4) is 0 Å². The smallest absolute Gasteiger partial charge is 0.310 e. The van der Waals surface area contributed by atoms with Gasteiger partial charge >= 0.3 is 5.97 Å². The van der Waals surface area contributed by atoms with Crippen LogP contribution in [0.2, 0.25) is 0 Å². The maximum Gasteiger partial charge on any atom is 0.310 e. The quantitative estimate of drug-likeness (QED) is 0.818. The summed E-state index contributed by atoms with van der Waals surface area (Å²) >= 11 is 0. The Balaban J connectivity index is 1.99. The van der Waals surface area contributed by atoms with E-state index in [0.717, 1.165) is 32.2 Å². The van der Waals surface area contributed by atoms with Gasteiger partial charge in [0.2, 0.25) is 0 Å². The molecule has 122 valence electrons. The van der Waals surface area contributed by atoms with Gasteiger partial charge in [-0.3, -0.25) is 4.79 Å². The topological polar surface area (TPSA) is 43.8 Å². The van der Waals surface area contributed by atoms with Crippen molar-refractivity contribution in [1.82, 2.24) is 9.80 Å². The molecule has 1 N–H and O–H groups in total. The van der Waals surface area contributed by atoms with Crippen LogP contribution in [-0.4, -0.2) is 60.6 Å². The third-order valence-electron chi connectivity index (χ3n) is 6.05. The van der Waals surface area contributed by atoms with Gasteiger partial charge in [0, 0.05) is 18.6 Å². The Hall–Kier alpha value is -0.610. The molecule has 0 amide bonds. The molecule has 0 radical (unpaired) electrons. The van der Waals surface area contributed by atoms with Gasteiger partial charge in [-0.25, -0.2) is 0 Å². The zero-order valence-electron chi connectivity index (χ0n) is 14.2. The molecule has 0 atom stereocenters. The lowest BCUT2D eigenvalue weighted by Crippen LogP contribution is -2.58. The zero-order valence-corrected chi connectivity index (χ0v) is 14.2. The molecule has 0 aromatic heterocycles. The molecule has 0 unspecified atom stereocenters. The first kappa shape index (κ1) is 16.8. The van der Waals surface area contributed by atoms with E-state index >= 15 is 0 Å². The average Bonchev–Trinajstić information content (AvgIpc) is 2.36. The molecule has 0 aliphatic heterocycles. The summed E-state index contributed by atoms with van der Waals surface area (Å²) in [6.45, 7) is 3.93. The first-order chi connectivity index (χ1) is 9.80. The van der Waals surface area contributed by atoms with E-state index in [1.54, 1.807) is 0 Å². The number of carboxylic acid groups (broad SMARTS) is 1. The largest absolute Gasteiger partial charge is 0.481 e. The van der Waals surface area contributed by atoms with Crippen molar-refractivity contribution in [2.45, 2.75) is 57.4 Å². The summed E-state index contributed by atoms with van der Waals surface area (Å²) in [6.07, 6.45) is 7.56. The lowest BCUT2D eigenvalue weighted by Gasteiger charge is -2.50. The first-order valence-corrected chi connectivity index (χ1v) is 8.39. The lowest BCUT2D eigenvalue weighted by atomic mass is 9.70. The van der Waals surface area contributed by atoms with Gasteiger partial charge in [-0.05, 0) is 72.0 Å². The Kier molecular flexibility index (Phi) is 4.99. The monoisotopic (exact) mass is 296 g/mol. The minimum Gasteiger partial charge on any atom is -0.481 e. The fourth-order valence-corrected chi connectivity index (χ4v) is 4.16. The van der Waals surface area contributed by atoms with Crippen molar-refractivity contribution in [2.24, 2.45) is 11.3 Å². The maximum atomic E-state index is 11.9. The van der Waals surface area contributed by atoms with E-state index in [1.807, 2.05) is 0 Å². The van der Waals surface area contributed by atoms with Crippen molar-refractivity contribution >= 4 is 5.97 Å². The maximum absolute atomic E-state index is 11.9. The van der Waals surface area contributed by atoms with E-state index in [-0.39, 0.29) is 5.54 Å². The number of carboxylic acids is 1. The fourth-order valence-electron chi connectivity index (χ4n) is 4.16. The van der Waals surface area contributed by atoms with Gasteiger partial charge in [-0.2, -0.15) is 0 Å². The van der Waals surface area contributed by atoms with Crippen LogP contribution in [0, 0.1) is 11.3 Å². The Labute approximate surface area is 129 Å². The van der Waals surface area contributed by atoms with Gasteiger partial charge in [0.05, 0.1) is 5.41 Å². The summed E-state index contributed by atoms with van der Waals surface area (Å²) in [6, 6.07) is 0. The van der Waals surface area contributed by atoms with Crippen LogP contribution in [0.4, 0.5) is 0 Å². The van der Waals surface area contributed by atoms with Crippen molar-refractivity contribution in [1.29, 1.82) is 0 Å². The van der Waals surface area contributed by atoms with Gasteiger partial charge in [-0.15, -0.1) is 0 Å². The summed E-state index contributed by atoms with van der Waals surface area (Å²) in [4.78, 5) is 16.5. The molecule has 2 aliphatic rings. The second kappa shape index (κ2) is 6.25. The Morgan fingerprint density at radius 1 is 1.10 bits per heavy atom. The molecule has 2 rings (SSSR count). The molecule has 4 heteroatoms. The van der Waals surface area contributed by atoms with E-state index in [1.165, 1.54) is 19.3 Å². The predicted octanol–water partition coefficient (Wildman–Crippen LogP) is 2.68. The minimum atomic E-state index is -0.589. The molecule has 0 aromatic rings. The number of hydrogen-bond acceptors (Lipinski definition) is 3. The molecule has 2 aliphatic carbocycles. The van der Waals surface area contributed by atoms with Crippen LogP contribution >= 0.6 is 0 Å². The summed E-state index contributed by atoms with van der Waals surface area (Å²) < 4.78 is 0. The zero-order chi connectivity index (χ0) is 15.7. The second-order valence-corrected chi connectivity index (χ2v) is 7.91. The third-order valence-corrected chi connectivity index (χ3v) is 6.05. The van der Waals surface area contributed by atoms with Gasteiger partial charge < -0.3 is 14.9 Å². The normalized spacial score (nSPS) is 32.2. The highest BCUT2D eigenvalue weighted by Gasteiger charge is 2.45. The number of rotatable bonds is 6. The first-order valence-electron chi connectivity index (χ1n) is 8.39. The van der Waals surface area contributed by atoms with E-state index in [0.29, 0.717) is 12.5 Å². The van der Waals surface area contributed by atoms with Crippen molar-refractivity contribution in [3.05, 3.63) is 0 Å². The molecule has 2 fully saturated rings. The molecule has 0 heterocycles. The highest BCUT2D eigenvalue weighted by atomic mass is 16.4. The van der Waals surface area contributed by atoms with Crippen LogP contribution in [0.5, 0.6) is 0 Å². The highest BCUT2D eigenvalue weighted by molar-refractivity contribution is 5.75. The summed E-state index contributed by atoms with van der Waals surface area (Å²) in [5.74, 6) is 0.0938. The number of likely N-dealkylation sites (N-methyl/N-ethyl adjacent to an activating group) is 2. The van der Waals surface area contributed by atoms with Crippen LogP contribution in [-0.2, 0) is 4.79 Å². The number of nitrogens with zero attached hydrogens (tertiary/aromatic N) is 2. The van der Waals surface area contributed by atoms with E-state index in [2.05, 4.69) is 37.9 Å². The molecule has 0 saturated heterocycles. The molecular weight excluding hydrogens is 264 g/mol. The van der Waals surface area contributed by atoms with Crippen molar-refractivity contribution < 1.29 is 9.90 Å². The molecule has 21 heavy (non-hydrogen) atoms. The Bertz CT molecular complexity index is 369. The molecule has 4 nitrogen and oxygen atoms in total. The van der Waals surface area contributed by atoms with Crippen molar-refractivity contribution in [3.63, 3.8) is 0 Å². The molecule has 0 bridgehead atoms. The van der Waals surface area contributed by atoms with Crippen LogP contribution in [0.25, 0.3) is 0 Å². The molecular formula is C17H32N2O2. The van der Waals surface area contributed by atoms with Crippen LogP contribution < -0.4 is 0 Å². The minimum absolute atomic E-state index is 0.274. The number of carbonyl (C=O) groups is 1. The standard InChI is InChI=1S/C17H32N2O2/c1-14-6-10-16(11-7-14,15(20)21)12-19(4)13-17(18(2)3)8-5-9-17/h14H,5-13H2,1-4H3,(H,20,21). The van der Waals surface area contributed by atoms with E-state index in [9.17, 15) is 9.90 Å². The molecule has 0 spiro atoms. The van der Waals surface area contributed by atoms with Crippen LogP contribution in [0.1, 0.15) is 51.9 Å². The second-order valence-electron chi connectivity index (χ2n) is 7.91. The third kappa shape index (κ3) is 3.42. The predicted molar refractivity (Wildman–Crippen MR) is 85.5 cm³/mol. The lowest BCUT2D eigenvalue weighted by molar-refractivity contribution is -0.153. The van der Waals surface area contributed by atoms with Crippen LogP contribution in [0.3, 0.4) is 0 Å². The van der Waals surface area contributed by atoms with Gasteiger partial charge in [0.25, 0.3) is 0 Å². The summed E-state index contributed by atoms with van der Waals surface area (Å²) in [5, 5.41) is 9.77. The van der Waals surface area contributed by atoms with E-state index < -0.39 is 11.4 Å². The SMILES string of the molecule is CC1CCC(CN(C)CC2(N(C)C)CCC2)(C(=O)O)CC1. The van der Waals surface area contributed by atoms with Crippen LogP contribution in [0.15, 0.2) is 0 Å². The highest BCUT2D eigenvalue weighted by Crippen LogP contribution is 2.41. The van der Waals surface area contributed by atoms with Gasteiger partial charge in [-0.1, -0.05) is 6.92 Å². The summed E-state index contributed by atoms with van der Waals surface area (Å²) in [5.41, 5.74) is -0.241. The summed E-state index contributed by atoms with van der Waals surface area (Å²) in [7, 11) is 6.41. The van der Waals surface area contributed by atoms with Gasteiger partial charge in [0.15, 0.2) is 0 Å². The Morgan fingerprint density at radius 2 is 1.67 bits per heavy atom. The molecule has 2 saturated carbocycles. The fraction of sp³-hybridized carbons (Fsp3) is 0.941. The Morgan fingerprint density at radius 3 is 2.05 bits per heavy atom. The molecule has 0 aromatic carbocycles. The van der Waals surface area contributed by atoms with Crippen molar-refractivity contribution in [2.75, 3.05) is 34.2 Å². The van der Waals surface area contributed by atoms with E-state index in [4.69, 9.17) is 0 Å². The number of aliphatic carboxylic acids is 1. The number of hydrogen-bond donors (Lipinski definition) is 1. The van der Waals surface area contributed by atoms with Gasteiger partial charge in [0.1, 0.15) is 0 Å². The average molecular weight is 296 g/mol.